The molecule has 0 unspecified atom stereocenters. The summed E-state index contributed by atoms with van der Waals surface area (Å²) in [5, 5.41) is 3.32. The van der Waals surface area contributed by atoms with E-state index in [9.17, 15) is 9.18 Å². The van der Waals surface area contributed by atoms with E-state index < -0.39 is 0 Å². The average molecular weight is 405 g/mol. The second kappa shape index (κ2) is 6.91. The van der Waals surface area contributed by atoms with E-state index in [1.54, 1.807) is 18.2 Å². The van der Waals surface area contributed by atoms with Crippen LogP contribution in [0.4, 0.5) is 10.1 Å². The molecular weight excluding hydrogens is 391 g/mol. The summed E-state index contributed by atoms with van der Waals surface area (Å²) in [5.41, 5.74) is 3.72. The third-order valence-electron chi connectivity index (χ3n) is 3.55. The summed E-state index contributed by atoms with van der Waals surface area (Å²) in [6.45, 7) is 3.97. The van der Waals surface area contributed by atoms with Crippen LogP contribution in [0.3, 0.4) is 0 Å². The van der Waals surface area contributed by atoms with Crippen LogP contribution in [0.2, 0.25) is 0 Å². The van der Waals surface area contributed by atoms with Gasteiger partial charge < -0.3 is 5.32 Å². The maximum Gasteiger partial charge on any atom is 0.264 e. The number of rotatable bonds is 2. The van der Waals surface area contributed by atoms with E-state index in [1.165, 1.54) is 17.8 Å². The Kier molecular flexibility index (Phi) is 4.87. The van der Waals surface area contributed by atoms with Gasteiger partial charge >= 0.3 is 0 Å². The fourth-order valence-corrected chi connectivity index (χ4v) is 3.54. The summed E-state index contributed by atoms with van der Waals surface area (Å²) < 4.78 is 13.7. The molecule has 0 saturated carbocycles. The number of nitrogens with zero attached hydrogens (tertiary/aromatic N) is 1. The molecule has 3 nitrogen and oxygen atoms in total. The zero-order valence-corrected chi connectivity index (χ0v) is 15.5. The van der Waals surface area contributed by atoms with Gasteiger partial charge in [-0.1, -0.05) is 24.3 Å². The van der Waals surface area contributed by atoms with Crippen molar-refractivity contribution in [3.63, 3.8) is 0 Å². The summed E-state index contributed by atoms with van der Waals surface area (Å²) in [4.78, 5) is 17.2. The lowest BCUT2D eigenvalue weighted by atomic mass is 10.1. The van der Waals surface area contributed by atoms with E-state index >= 15 is 0 Å². The lowest BCUT2D eigenvalue weighted by molar-refractivity contribution is -0.115. The predicted octanol–water partition coefficient (Wildman–Crippen LogP) is 5.10. The summed E-state index contributed by atoms with van der Waals surface area (Å²) >= 11 is 4.42. The molecule has 1 N–H and O–H groups in total. The van der Waals surface area contributed by atoms with E-state index in [0.29, 0.717) is 14.5 Å². The molecule has 2 aromatic rings. The molecule has 0 bridgehead atoms. The Morgan fingerprint density at radius 3 is 2.58 bits per heavy atom. The van der Waals surface area contributed by atoms with Gasteiger partial charge in [0.15, 0.2) is 5.17 Å². The highest BCUT2D eigenvalue weighted by Crippen LogP contribution is 2.31. The van der Waals surface area contributed by atoms with Gasteiger partial charge in [-0.05, 0) is 76.4 Å². The van der Waals surface area contributed by atoms with E-state index in [4.69, 9.17) is 0 Å². The highest BCUT2D eigenvalue weighted by atomic mass is 79.9. The zero-order chi connectivity index (χ0) is 17.3. The Balaban J connectivity index is 1.89. The topological polar surface area (TPSA) is 41.5 Å². The molecule has 1 fully saturated rings. The number of carbonyl (C=O) groups is 1. The van der Waals surface area contributed by atoms with Crippen molar-refractivity contribution in [2.45, 2.75) is 13.8 Å². The molecule has 1 saturated heterocycles. The maximum absolute atomic E-state index is 13.3. The Hall–Kier alpha value is -1.92. The first-order valence-electron chi connectivity index (χ1n) is 7.25. The standard InChI is InChI=1S/C18H14BrFN2OS/c1-10-4-3-5-11(2)16(10)21-18-22-17(23)15(24-18)9-12-6-7-14(20)13(19)8-12/h3-9H,1-2H3,(H,21,22,23)/b15-9+. The van der Waals surface area contributed by atoms with Gasteiger partial charge in [0.2, 0.25) is 0 Å². The van der Waals surface area contributed by atoms with Crippen molar-refractivity contribution in [3.05, 3.63) is 68.3 Å². The molecule has 3 rings (SSSR count). The van der Waals surface area contributed by atoms with E-state index in [-0.39, 0.29) is 11.7 Å². The minimum atomic E-state index is -0.335. The predicted molar refractivity (Wildman–Crippen MR) is 101 cm³/mol. The molecular formula is C18H14BrFN2OS. The smallest absolute Gasteiger partial charge is 0.264 e. The quantitative estimate of drug-likeness (QED) is 0.707. The fraction of sp³-hybridized carbons (Fsp3) is 0.111. The molecule has 0 atom stereocenters. The lowest BCUT2D eigenvalue weighted by Crippen LogP contribution is -2.19. The van der Waals surface area contributed by atoms with Crippen molar-refractivity contribution in [1.82, 2.24) is 5.32 Å². The maximum atomic E-state index is 13.3. The Bertz CT molecular complexity index is 872. The number of hydrogen-bond donors (Lipinski definition) is 1. The first kappa shape index (κ1) is 16.9. The van der Waals surface area contributed by atoms with Crippen LogP contribution in [0, 0.1) is 19.7 Å². The molecule has 2 aromatic carbocycles. The summed E-state index contributed by atoms with van der Waals surface area (Å²) in [6.07, 6.45) is 1.72. The van der Waals surface area contributed by atoms with Gasteiger partial charge in [0.1, 0.15) is 5.82 Å². The second-order valence-electron chi connectivity index (χ2n) is 5.40. The third kappa shape index (κ3) is 3.60. The third-order valence-corrected chi connectivity index (χ3v) is 5.06. The summed E-state index contributed by atoms with van der Waals surface area (Å²) in [6, 6.07) is 10.6. The molecule has 0 aromatic heterocycles. The highest BCUT2D eigenvalue weighted by Gasteiger charge is 2.24. The van der Waals surface area contributed by atoms with Crippen LogP contribution < -0.4 is 5.32 Å². The highest BCUT2D eigenvalue weighted by molar-refractivity contribution is 9.10. The van der Waals surface area contributed by atoms with Crippen molar-refractivity contribution >= 4 is 50.5 Å². The van der Waals surface area contributed by atoms with E-state index in [0.717, 1.165) is 22.4 Å². The Morgan fingerprint density at radius 2 is 1.92 bits per heavy atom. The molecule has 6 heteroatoms. The van der Waals surface area contributed by atoms with Gasteiger partial charge in [0.25, 0.3) is 5.91 Å². The van der Waals surface area contributed by atoms with Crippen LogP contribution in [-0.4, -0.2) is 11.1 Å². The van der Waals surface area contributed by atoms with Crippen molar-refractivity contribution in [1.29, 1.82) is 0 Å². The number of thioether (sulfide) groups is 1. The number of aryl methyl sites for hydroxylation is 2. The van der Waals surface area contributed by atoms with Gasteiger partial charge in [-0.2, -0.15) is 0 Å². The Labute approximate surface area is 152 Å². The summed E-state index contributed by atoms with van der Waals surface area (Å²) in [7, 11) is 0. The molecule has 0 radical (unpaired) electrons. The van der Waals surface area contributed by atoms with Crippen LogP contribution >= 0.6 is 27.7 Å². The molecule has 24 heavy (non-hydrogen) atoms. The van der Waals surface area contributed by atoms with E-state index in [1.807, 2.05) is 32.0 Å². The van der Waals surface area contributed by atoms with Crippen molar-refractivity contribution < 1.29 is 9.18 Å². The minimum absolute atomic E-state index is 0.203. The average Bonchev–Trinajstić information content (AvgIpc) is 2.87. The lowest BCUT2D eigenvalue weighted by Gasteiger charge is -2.04. The number of amides is 1. The molecule has 122 valence electrons. The van der Waals surface area contributed by atoms with Crippen LogP contribution in [0.1, 0.15) is 16.7 Å². The monoisotopic (exact) mass is 404 g/mol. The first-order chi connectivity index (χ1) is 11.4. The molecule has 1 aliphatic heterocycles. The first-order valence-corrected chi connectivity index (χ1v) is 8.86. The van der Waals surface area contributed by atoms with Gasteiger partial charge in [0, 0.05) is 0 Å². The van der Waals surface area contributed by atoms with Crippen LogP contribution in [0.25, 0.3) is 6.08 Å². The molecule has 1 heterocycles. The number of benzene rings is 2. The van der Waals surface area contributed by atoms with Gasteiger partial charge in [-0.15, -0.1) is 0 Å². The van der Waals surface area contributed by atoms with Gasteiger partial charge in [0.05, 0.1) is 15.1 Å². The number of nitrogens with one attached hydrogen (secondary N) is 1. The largest absolute Gasteiger partial charge is 0.300 e. The van der Waals surface area contributed by atoms with Crippen LogP contribution in [-0.2, 0) is 4.79 Å². The number of para-hydroxylation sites is 1. The van der Waals surface area contributed by atoms with Crippen molar-refractivity contribution in [2.24, 2.45) is 4.99 Å². The van der Waals surface area contributed by atoms with Crippen LogP contribution in [0.15, 0.2) is 50.8 Å². The number of halogens is 2. The van der Waals surface area contributed by atoms with E-state index in [2.05, 4.69) is 26.2 Å². The zero-order valence-electron chi connectivity index (χ0n) is 13.1. The van der Waals surface area contributed by atoms with Crippen LogP contribution in [0.5, 0.6) is 0 Å². The fourth-order valence-electron chi connectivity index (χ4n) is 2.32. The number of amidine groups is 1. The molecule has 1 amide bonds. The molecule has 0 aliphatic carbocycles. The molecule has 0 spiro atoms. The number of carbonyl (C=O) groups excluding carboxylic acids is 1. The van der Waals surface area contributed by atoms with Gasteiger partial charge in [-0.3, -0.25) is 4.79 Å². The minimum Gasteiger partial charge on any atom is -0.300 e. The summed E-state index contributed by atoms with van der Waals surface area (Å²) in [5.74, 6) is -0.539. The Morgan fingerprint density at radius 1 is 1.21 bits per heavy atom. The number of aliphatic imine (C=N–C) groups is 1. The van der Waals surface area contributed by atoms with Crippen molar-refractivity contribution in [3.8, 4) is 0 Å². The second-order valence-corrected chi connectivity index (χ2v) is 7.28. The normalized spacial score (nSPS) is 17.6. The van der Waals surface area contributed by atoms with Gasteiger partial charge in [-0.25, -0.2) is 9.38 Å². The SMILES string of the molecule is Cc1cccc(C)c1N=C1NC(=O)/C(=C\c2ccc(F)c(Br)c2)S1. The molecule has 1 aliphatic rings. The van der Waals surface area contributed by atoms with Crippen molar-refractivity contribution in [2.75, 3.05) is 0 Å². The number of hydrogen-bond acceptors (Lipinski definition) is 3.